The molecule has 1 unspecified atom stereocenters. The van der Waals surface area contributed by atoms with Gasteiger partial charge in [0, 0.05) is 19.3 Å². The molecular formula is C71H132O6. The first kappa shape index (κ1) is 74.6. The van der Waals surface area contributed by atoms with Crippen LogP contribution in [0.3, 0.4) is 0 Å². The smallest absolute Gasteiger partial charge is 0.306 e. The SMILES string of the molecule is CCCCCC/C=C\C/C=C\CCCCCCCCCC(=O)OC(COC(=O)CCCCCCCCCCCC)COC(=O)CCCCCCCCCCCCCCCCCCCCC/C=C\CCCCCCCCCC. The predicted octanol–water partition coefficient (Wildman–Crippen LogP) is 23.6. The summed E-state index contributed by atoms with van der Waals surface area (Å²) in [6.07, 6.45) is 81.9. The van der Waals surface area contributed by atoms with E-state index in [-0.39, 0.29) is 31.1 Å². The zero-order valence-electron chi connectivity index (χ0n) is 52.0. The van der Waals surface area contributed by atoms with Crippen LogP contribution in [0.1, 0.15) is 380 Å². The van der Waals surface area contributed by atoms with Gasteiger partial charge in [-0.1, -0.05) is 320 Å². The standard InChI is InChI=1S/C71H132O6/c1-4-7-10-13-16-19-22-24-26-28-30-31-32-33-34-35-36-37-38-39-40-41-42-44-45-47-49-52-55-58-61-64-70(73)76-67-68(66-75-69(72)63-60-57-54-51-21-18-15-12-9-6-3)77-71(74)65-62-59-56-53-50-48-46-43-29-27-25-23-20-17-14-11-8-5-2/h20,23,27-30,68H,4-19,21-22,24-26,31-67H2,1-3H3/b23-20-,29-27-,30-28-. The maximum Gasteiger partial charge on any atom is 0.306 e. The Morgan fingerprint density at radius 1 is 0.260 bits per heavy atom. The molecule has 0 rings (SSSR count). The van der Waals surface area contributed by atoms with Crippen molar-refractivity contribution in [1.29, 1.82) is 0 Å². The van der Waals surface area contributed by atoms with E-state index >= 15 is 0 Å². The van der Waals surface area contributed by atoms with Crippen molar-refractivity contribution in [1.82, 2.24) is 0 Å². The Kier molecular flexibility index (Phi) is 64.1. The molecule has 0 aromatic carbocycles. The summed E-state index contributed by atoms with van der Waals surface area (Å²) in [5.74, 6) is -0.855. The molecule has 0 amide bonds. The minimum Gasteiger partial charge on any atom is -0.462 e. The lowest BCUT2D eigenvalue weighted by atomic mass is 10.0. The van der Waals surface area contributed by atoms with Crippen molar-refractivity contribution in [2.45, 2.75) is 386 Å². The number of unbranched alkanes of at least 4 members (excludes halogenated alkanes) is 47. The maximum absolute atomic E-state index is 12.9. The van der Waals surface area contributed by atoms with E-state index in [1.165, 1.54) is 270 Å². The van der Waals surface area contributed by atoms with E-state index in [4.69, 9.17) is 14.2 Å². The number of carbonyl (C=O) groups excluding carboxylic acids is 3. The van der Waals surface area contributed by atoms with Gasteiger partial charge in [0.25, 0.3) is 0 Å². The van der Waals surface area contributed by atoms with Gasteiger partial charge in [-0.2, -0.15) is 0 Å². The normalized spacial score (nSPS) is 12.2. The fraction of sp³-hybridized carbons (Fsp3) is 0.873. The summed E-state index contributed by atoms with van der Waals surface area (Å²) in [4.78, 5) is 38.2. The van der Waals surface area contributed by atoms with Crippen molar-refractivity contribution in [2.24, 2.45) is 0 Å². The molecular weight excluding hydrogens is 949 g/mol. The summed E-state index contributed by atoms with van der Waals surface area (Å²) in [7, 11) is 0. The lowest BCUT2D eigenvalue weighted by molar-refractivity contribution is -0.167. The summed E-state index contributed by atoms with van der Waals surface area (Å²) in [6.45, 7) is 6.66. The van der Waals surface area contributed by atoms with Crippen molar-refractivity contribution >= 4 is 17.9 Å². The Morgan fingerprint density at radius 3 is 0.740 bits per heavy atom. The van der Waals surface area contributed by atoms with Gasteiger partial charge in [-0.3, -0.25) is 14.4 Å². The molecule has 0 radical (unpaired) electrons. The highest BCUT2D eigenvalue weighted by Crippen LogP contribution is 2.18. The summed E-state index contributed by atoms with van der Waals surface area (Å²) in [5.41, 5.74) is 0. The minimum absolute atomic E-state index is 0.0703. The third-order valence-corrected chi connectivity index (χ3v) is 15.6. The molecule has 1 atom stereocenters. The average Bonchev–Trinajstić information content (AvgIpc) is 3.43. The topological polar surface area (TPSA) is 78.9 Å². The summed E-state index contributed by atoms with van der Waals surface area (Å²) in [5, 5.41) is 0. The van der Waals surface area contributed by atoms with Gasteiger partial charge < -0.3 is 14.2 Å². The van der Waals surface area contributed by atoms with E-state index in [0.29, 0.717) is 19.3 Å². The molecule has 0 aliphatic rings. The lowest BCUT2D eigenvalue weighted by Gasteiger charge is -2.18. The Labute approximate surface area is 480 Å². The third-order valence-electron chi connectivity index (χ3n) is 15.6. The van der Waals surface area contributed by atoms with Crippen LogP contribution in [0.15, 0.2) is 36.5 Å². The van der Waals surface area contributed by atoms with Gasteiger partial charge in [0.2, 0.25) is 0 Å². The van der Waals surface area contributed by atoms with Gasteiger partial charge in [0.05, 0.1) is 0 Å². The molecule has 6 heteroatoms. The van der Waals surface area contributed by atoms with Crippen molar-refractivity contribution in [3.8, 4) is 0 Å². The first-order chi connectivity index (χ1) is 38.0. The molecule has 6 nitrogen and oxygen atoms in total. The molecule has 0 N–H and O–H groups in total. The van der Waals surface area contributed by atoms with Crippen LogP contribution in [0.4, 0.5) is 0 Å². The minimum atomic E-state index is -0.773. The molecule has 0 spiro atoms. The molecule has 0 aliphatic carbocycles. The fourth-order valence-electron chi connectivity index (χ4n) is 10.4. The maximum atomic E-state index is 12.9. The number of ether oxygens (including phenoxy) is 3. The highest BCUT2D eigenvalue weighted by atomic mass is 16.6. The van der Waals surface area contributed by atoms with Crippen LogP contribution < -0.4 is 0 Å². The Hall–Kier alpha value is -2.37. The number of allylic oxidation sites excluding steroid dienone is 6. The highest BCUT2D eigenvalue weighted by molar-refractivity contribution is 5.71. The van der Waals surface area contributed by atoms with Crippen molar-refractivity contribution in [3.63, 3.8) is 0 Å². The largest absolute Gasteiger partial charge is 0.462 e. The van der Waals surface area contributed by atoms with E-state index in [0.717, 1.165) is 70.6 Å². The van der Waals surface area contributed by atoms with Crippen LogP contribution in [0, 0.1) is 0 Å². The van der Waals surface area contributed by atoms with Crippen LogP contribution in [0.5, 0.6) is 0 Å². The predicted molar refractivity (Wildman–Crippen MR) is 335 cm³/mol. The third kappa shape index (κ3) is 64.3. The van der Waals surface area contributed by atoms with Crippen molar-refractivity contribution < 1.29 is 28.6 Å². The molecule has 0 bridgehead atoms. The summed E-state index contributed by atoms with van der Waals surface area (Å²) in [6, 6.07) is 0. The molecule has 77 heavy (non-hydrogen) atoms. The highest BCUT2D eigenvalue weighted by Gasteiger charge is 2.19. The van der Waals surface area contributed by atoms with E-state index in [2.05, 4.69) is 57.2 Å². The van der Waals surface area contributed by atoms with E-state index in [1.807, 2.05) is 0 Å². The van der Waals surface area contributed by atoms with Gasteiger partial charge in [-0.15, -0.1) is 0 Å². The molecule has 0 saturated heterocycles. The molecule has 0 saturated carbocycles. The van der Waals surface area contributed by atoms with Crippen LogP contribution in [0.25, 0.3) is 0 Å². The van der Waals surface area contributed by atoms with Crippen LogP contribution in [-0.2, 0) is 28.6 Å². The molecule has 0 heterocycles. The van der Waals surface area contributed by atoms with Crippen molar-refractivity contribution in [3.05, 3.63) is 36.5 Å². The second-order valence-electron chi connectivity index (χ2n) is 23.4. The van der Waals surface area contributed by atoms with Gasteiger partial charge >= 0.3 is 17.9 Å². The quantitative estimate of drug-likeness (QED) is 0.0261. The summed E-state index contributed by atoms with van der Waals surface area (Å²) < 4.78 is 16.9. The monoisotopic (exact) mass is 1080 g/mol. The second-order valence-corrected chi connectivity index (χ2v) is 23.4. The Balaban J connectivity index is 4.09. The first-order valence-electron chi connectivity index (χ1n) is 34.5. The first-order valence-corrected chi connectivity index (χ1v) is 34.5. The van der Waals surface area contributed by atoms with Crippen LogP contribution >= 0.6 is 0 Å². The number of esters is 3. The van der Waals surface area contributed by atoms with Crippen LogP contribution in [0.2, 0.25) is 0 Å². The average molecular weight is 1080 g/mol. The molecule has 0 aromatic heterocycles. The summed E-state index contributed by atoms with van der Waals surface area (Å²) >= 11 is 0. The molecule has 452 valence electrons. The van der Waals surface area contributed by atoms with Crippen LogP contribution in [-0.4, -0.2) is 37.2 Å². The van der Waals surface area contributed by atoms with Gasteiger partial charge in [-0.05, 0) is 77.0 Å². The Bertz CT molecular complexity index is 1290. The number of hydrogen-bond acceptors (Lipinski definition) is 6. The Morgan fingerprint density at radius 2 is 0.468 bits per heavy atom. The number of hydrogen-bond donors (Lipinski definition) is 0. The second kappa shape index (κ2) is 66.1. The lowest BCUT2D eigenvalue weighted by Crippen LogP contribution is -2.30. The zero-order chi connectivity index (χ0) is 55.7. The molecule has 0 fully saturated rings. The number of carbonyl (C=O) groups is 3. The number of rotatable bonds is 64. The van der Waals surface area contributed by atoms with E-state index in [1.54, 1.807) is 0 Å². The van der Waals surface area contributed by atoms with E-state index < -0.39 is 6.10 Å². The van der Waals surface area contributed by atoms with Crippen molar-refractivity contribution in [2.75, 3.05) is 13.2 Å². The molecule has 0 aliphatic heterocycles. The fourth-order valence-corrected chi connectivity index (χ4v) is 10.4. The zero-order valence-corrected chi connectivity index (χ0v) is 52.0. The molecule has 0 aromatic rings. The van der Waals surface area contributed by atoms with Gasteiger partial charge in [0.1, 0.15) is 13.2 Å². The van der Waals surface area contributed by atoms with E-state index in [9.17, 15) is 14.4 Å². The van der Waals surface area contributed by atoms with Gasteiger partial charge in [0.15, 0.2) is 6.10 Å². The van der Waals surface area contributed by atoms with Gasteiger partial charge in [-0.25, -0.2) is 0 Å².